The Hall–Kier alpha value is -3.95. The molecule has 2 aromatic rings. The van der Waals surface area contributed by atoms with Gasteiger partial charge in [0.15, 0.2) is 6.61 Å². The van der Waals surface area contributed by atoms with Crippen LogP contribution in [0.3, 0.4) is 0 Å². The van der Waals surface area contributed by atoms with Gasteiger partial charge in [-0.25, -0.2) is 10.2 Å². The quantitative estimate of drug-likeness (QED) is 0.408. The molecule has 0 aliphatic rings. The van der Waals surface area contributed by atoms with Gasteiger partial charge in [-0.1, -0.05) is 0 Å². The summed E-state index contributed by atoms with van der Waals surface area (Å²) in [7, 11) is 1.34. The molecule has 0 unspecified atom stereocenters. The summed E-state index contributed by atoms with van der Waals surface area (Å²) in [6.07, 6.45) is 1.35. The van der Waals surface area contributed by atoms with Gasteiger partial charge in [-0.05, 0) is 35.9 Å². The zero-order valence-corrected chi connectivity index (χ0v) is 14.1. The molecule has 1 amide bonds. The molecule has 0 saturated heterocycles. The number of hydrogen-bond donors (Lipinski definition) is 2. The number of methoxy groups -OCH3 is 1. The molecule has 0 fully saturated rings. The van der Waals surface area contributed by atoms with Crippen LogP contribution in [-0.2, 0) is 4.79 Å². The molecule has 140 valence electrons. The van der Waals surface area contributed by atoms with Crippen LogP contribution in [0.5, 0.6) is 11.5 Å². The fourth-order valence-corrected chi connectivity index (χ4v) is 2.01. The molecule has 0 spiro atoms. The van der Waals surface area contributed by atoms with Crippen LogP contribution in [0.4, 0.5) is 5.69 Å². The van der Waals surface area contributed by atoms with Gasteiger partial charge in [0.2, 0.25) is 0 Å². The number of non-ortho nitro benzene ring substituents is 1. The van der Waals surface area contributed by atoms with Crippen molar-refractivity contribution in [2.45, 2.75) is 0 Å². The van der Waals surface area contributed by atoms with Gasteiger partial charge in [-0.15, -0.1) is 0 Å². The topological polar surface area (TPSA) is 140 Å². The van der Waals surface area contributed by atoms with Crippen molar-refractivity contribution in [3.05, 3.63) is 63.7 Å². The third kappa shape index (κ3) is 5.53. The highest BCUT2D eigenvalue weighted by atomic mass is 16.6. The molecular formula is C17H15N3O7. The minimum atomic E-state index is -1.08. The number of hydrazone groups is 1. The summed E-state index contributed by atoms with van der Waals surface area (Å²) in [5.41, 5.74) is 2.60. The maximum absolute atomic E-state index is 12.2. The fraction of sp³-hybridized carbons (Fsp3) is 0.118. The number of carboxylic acids is 1. The summed E-state index contributed by atoms with van der Waals surface area (Å²) in [4.78, 5) is 32.9. The number of nitro groups is 1. The standard InChI is InChI=1S/C17H15N3O7/c1-26-15-7-4-12(20(24)25)8-14(15)17(23)19-18-9-11-2-5-13(6-3-11)27-10-16(21)22/h2-9H,10H2,1H3,(H,19,23)(H,21,22)/b18-9-. The van der Waals surface area contributed by atoms with Crippen molar-refractivity contribution in [2.75, 3.05) is 13.7 Å². The highest BCUT2D eigenvalue weighted by Crippen LogP contribution is 2.23. The summed E-state index contributed by atoms with van der Waals surface area (Å²) in [5.74, 6) is -1.21. The summed E-state index contributed by atoms with van der Waals surface area (Å²) < 4.78 is 10.0. The first-order valence-electron chi connectivity index (χ1n) is 7.51. The highest BCUT2D eigenvalue weighted by Gasteiger charge is 2.17. The van der Waals surface area contributed by atoms with Crippen molar-refractivity contribution in [3.63, 3.8) is 0 Å². The summed E-state index contributed by atoms with van der Waals surface area (Å²) >= 11 is 0. The smallest absolute Gasteiger partial charge is 0.341 e. The number of carboxylic acid groups (broad SMARTS) is 1. The first kappa shape index (κ1) is 19.4. The zero-order valence-electron chi connectivity index (χ0n) is 14.1. The first-order valence-corrected chi connectivity index (χ1v) is 7.51. The number of amides is 1. The van der Waals surface area contributed by atoms with E-state index >= 15 is 0 Å². The average Bonchev–Trinajstić information content (AvgIpc) is 2.66. The van der Waals surface area contributed by atoms with E-state index in [-0.39, 0.29) is 17.0 Å². The van der Waals surface area contributed by atoms with Crippen molar-refractivity contribution < 1.29 is 29.1 Å². The predicted octanol–water partition coefficient (Wildman–Crippen LogP) is 1.83. The van der Waals surface area contributed by atoms with Crippen LogP contribution in [0.2, 0.25) is 0 Å². The Morgan fingerprint density at radius 2 is 1.96 bits per heavy atom. The molecule has 0 heterocycles. The molecule has 0 bridgehead atoms. The maximum atomic E-state index is 12.2. The monoisotopic (exact) mass is 373 g/mol. The van der Waals surface area contributed by atoms with Gasteiger partial charge in [0, 0.05) is 12.1 Å². The first-order chi connectivity index (χ1) is 12.9. The van der Waals surface area contributed by atoms with Gasteiger partial charge < -0.3 is 14.6 Å². The third-order valence-corrected chi connectivity index (χ3v) is 3.26. The molecule has 0 saturated carbocycles. The van der Waals surface area contributed by atoms with Gasteiger partial charge >= 0.3 is 5.97 Å². The molecule has 0 atom stereocenters. The second-order valence-corrected chi connectivity index (χ2v) is 5.09. The van der Waals surface area contributed by atoms with E-state index in [1.54, 1.807) is 24.3 Å². The molecular weight excluding hydrogens is 358 g/mol. The number of benzene rings is 2. The number of nitrogens with zero attached hydrogens (tertiary/aromatic N) is 2. The minimum absolute atomic E-state index is 0.0266. The van der Waals surface area contributed by atoms with Gasteiger partial charge in [-0.2, -0.15) is 5.10 Å². The minimum Gasteiger partial charge on any atom is -0.496 e. The lowest BCUT2D eigenvalue weighted by Crippen LogP contribution is -2.18. The highest BCUT2D eigenvalue weighted by molar-refractivity contribution is 5.98. The van der Waals surface area contributed by atoms with Crippen molar-refractivity contribution in [2.24, 2.45) is 5.10 Å². The average molecular weight is 373 g/mol. The second-order valence-electron chi connectivity index (χ2n) is 5.09. The van der Waals surface area contributed by atoms with E-state index in [9.17, 15) is 19.7 Å². The molecule has 0 radical (unpaired) electrons. The number of ether oxygens (including phenoxy) is 2. The van der Waals surface area contributed by atoms with Gasteiger partial charge in [0.05, 0.1) is 23.8 Å². The largest absolute Gasteiger partial charge is 0.496 e. The molecule has 2 N–H and O–H groups in total. The zero-order chi connectivity index (χ0) is 19.8. The SMILES string of the molecule is COc1ccc([N+](=O)[O-])cc1C(=O)N/N=C\c1ccc(OCC(=O)O)cc1. The van der Waals surface area contributed by atoms with Crippen LogP contribution in [0.25, 0.3) is 0 Å². The van der Waals surface area contributed by atoms with E-state index in [1.807, 2.05) is 0 Å². The maximum Gasteiger partial charge on any atom is 0.341 e. The Morgan fingerprint density at radius 1 is 1.26 bits per heavy atom. The van der Waals surface area contributed by atoms with Crippen LogP contribution in [0.15, 0.2) is 47.6 Å². The summed E-state index contributed by atoms with van der Waals surface area (Å²) in [6, 6.07) is 9.98. The van der Waals surface area contributed by atoms with Crippen LogP contribution in [0, 0.1) is 10.1 Å². The second kappa shape index (κ2) is 8.94. The Kier molecular flexibility index (Phi) is 6.42. The predicted molar refractivity (Wildman–Crippen MR) is 94.3 cm³/mol. The van der Waals surface area contributed by atoms with Gasteiger partial charge in [0.25, 0.3) is 11.6 Å². The Morgan fingerprint density at radius 3 is 2.56 bits per heavy atom. The normalized spacial score (nSPS) is 10.4. The van der Waals surface area contributed by atoms with E-state index in [4.69, 9.17) is 14.6 Å². The number of aliphatic carboxylic acids is 1. The van der Waals surface area contributed by atoms with Crippen LogP contribution in [0.1, 0.15) is 15.9 Å². The number of hydrogen-bond acceptors (Lipinski definition) is 7. The van der Waals surface area contributed by atoms with Crippen molar-refractivity contribution in [3.8, 4) is 11.5 Å². The van der Waals surface area contributed by atoms with E-state index in [0.717, 1.165) is 6.07 Å². The molecule has 2 aromatic carbocycles. The summed E-state index contributed by atoms with van der Waals surface area (Å²) in [5, 5.41) is 23.2. The number of nitro benzene ring substituents is 1. The van der Waals surface area contributed by atoms with Crippen molar-refractivity contribution in [1.82, 2.24) is 5.43 Å². The Balaban J connectivity index is 2.03. The van der Waals surface area contributed by atoms with E-state index in [0.29, 0.717) is 11.3 Å². The molecule has 10 heteroatoms. The molecule has 2 rings (SSSR count). The number of carbonyl (C=O) groups excluding carboxylic acids is 1. The van der Waals surface area contributed by atoms with Crippen LogP contribution >= 0.6 is 0 Å². The summed E-state index contributed by atoms with van der Waals surface area (Å²) in [6.45, 7) is -0.450. The van der Waals surface area contributed by atoms with Gasteiger partial charge in [-0.3, -0.25) is 14.9 Å². The van der Waals surface area contributed by atoms with E-state index < -0.39 is 23.4 Å². The van der Waals surface area contributed by atoms with Crippen molar-refractivity contribution in [1.29, 1.82) is 0 Å². The Bertz CT molecular complexity index is 879. The molecule has 10 nitrogen and oxygen atoms in total. The lowest BCUT2D eigenvalue weighted by Gasteiger charge is -2.06. The van der Waals surface area contributed by atoms with Crippen LogP contribution in [-0.4, -0.2) is 41.8 Å². The lowest BCUT2D eigenvalue weighted by atomic mass is 10.1. The van der Waals surface area contributed by atoms with Crippen molar-refractivity contribution >= 4 is 23.8 Å². The Labute approximate surface area is 153 Å². The number of rotatable bonds is 8. The lowest BCUT2D eigenvalue weighted by molar-refractivity contribution is -0.384. The fourth-order valence-electron chi connectivity index (χ4n) is 2.01. The molecule has 0 aliphatic heterocycles. The number of carbonyl (C=O) groups is 2. The third-order valence-electron chi connectivity index (χ3n) is 3.26. The molecule has 27 heavy (non-hydrogen) atoms. The van der Waals surface area contributed by atoms with E-state index in [2.05, 4.69) is 10.5 Å². The molecule has 0 aliphatic carbocycles. The van der Waals surface area contributed by atoms with Gasteiger partial charge in [0.1, 0.15) is 11.5 Å². The number of nitrogens with one attached hydrogen (secondary N) is 1. The van der Waals surface area contributed by atoms with E-state index in [1.165, 1.54) is 25.5 Å². The molecule has 0 aromatic heterocycles. The van der Waals surface area contributed by atoms with Crippen LogP contribution < -0.4 is 14.9 Å².